The first-order valence-electron chi connectivity index (χ1n) is 7.14. The van der Waals surface area contributed by atoms with Crippen molar-refractivity contribution in [1.29, 1.82) is 5.26 Å². The molecule has 20 heavy (non-hydrogen) atoms. The van der Waals surface area contributed by atoms with E-state index < -0.39 is 0 Å². The SMILES string of the molecule is CC1CC(C(=O)NC(C)c2ccc(C#N)cc2)CCN1. The normalized spacial score (nSPS) is 23.6. The fourth-order valence-corrected chi connectivity index (χ4v) is 2.63. The van der Waals surface area contributed by atoms with Crippen LogP contribution in [-0.4, -0.2) is 18.5 Å². The molecule has 1 aromatic carbocycles. The van der Waals surface area contributed by atoms with Crippen LogP contribution in [0.3, 0.4) is 0 Å². The third-order valence-electron chi connectivity index (χ3n) is 3.89. The molecule has 0 bridgehead atoms. The summed E-state index contributed by atoms with van der Waals surface area (Å²) in [6, 6.07) is 9.84. The molecule has 0 aromatic heterocycles. The molecule has 1 saturated heterocycles. The summed E-state index contributed by atoms with van der Waals surface area (Å²) in [5.74, 6) is 0.238. The molecule has 0 aliphatic carbocycles. The van der Waals surface area contributed by atoms with Gasteiger partial charge in [-0.15, -0.1) is 0 Å². The third kappa shape index (κ3) is 3.58. The number of hydrogen-bond acceptors (Lipinski definition) is 3. The van der Waals surface area contributed by atoms with Crippen molar-refractivity contribution >= 4 is 5.91 Å². The van der Waals surface area contributed by atoms with Crippen LogP contribution in [0.4, 0.5) is 0 Å². The Morgan fingerprint density at radius 2 is 2.15 bits per heavy atom. The van der Waals surface area contributed by atoms with Crippen LogP contribution >= 0.6 is 0 Å². The second-order valence-electron chi connectivity index (χ2n) is 5.54. The van der Waals surface area contributed by atoms with Gasteiger partial charge in [-0.25, -0.2) is 0 Å². The van der Waals surface area contributed by atoms with Gasteiger partial charge in [0.1, 0.15) is 0 Å². The van der Waals surface area contributed by atoms with Crippen LogP contribution in [0.15, 0.2) is 24.3 Å². The summed E-state index contributed by atoms with van der Waals surface area (Å²) in [5.41, 5.74) is 1.67. The van der Waals surface area contributed by atoms with E-state index in [1.54, 1.807) is 12.1 Å². The van der Waals surface area contributed by atoms with Crippen LogP contribution in [0.2, 0.25) is 0 Å². The highest BCUT2D eigenvalue weighted by molar-refractivity contribution is 5.79. The van der Waals surface area contributed by atoms with Gasteiger partial charge in [-0.3, -0.25) is 4.79 Å². The summed E-state index contributed by atoms with van der Waals surface area (Å²) < 4.78 is 0. The Balaban J connectivity index is 1.94. The number of piperidine rings is 1. The van der Waals surface area contributed by atoms with E-state index in [0.717, 1.165) is 24.9 Å². The molecule has 1 heterocycles. The topological polar surface area (TPSA) is 64.9 Å². The number of nitriles is 1. The summed E-state index contributed by atoms with van der Waals surface area (Å²) in [4.78, 5) is 12.3. The first kappa shape index (κ1) is 14.5. The zero-order valence-electron chi connectivity index (χ0n) is 12.0. The predicted molar refractivity (Wildman–Crippen MR) is 77.9 cm³/mol. The van der Waals surface area contributed by atoms with Gasteiger partial charge in [0, 0.05) is 12.0 Å². The third-order valence-corrected chi connectivity index (χ3v) is 3.89. The molecule has 1 aliphatic rings. The number of carbonyl (C=O) groups is 1. The molecular formula is C16H21N3O. The number of amides is 1. The van der Waals surface area contributed by atoms with Crippen molar-refractivity contribution in [2.24, 2.45) is 5.92 Å². The summed E-state index contributed by atoms with van der Waals surface area (Å²) in [6.07, 6.45) is 1.79. The van der Waals surface area contributed by atoms with E-state index in [-0.39, 0.29) is 17.9 Å². The van der Waals surface area contributed by atoms with Crippen LogP contribution in [0, 0.1) is 17.2 Å². The number of nitrogens with zero attached hydrogens (tertiary/aromatic N) is 1. The van der Waals surface area contributed by atoms with Crippen molar-refractivity contribution in [1.82, 2.24) is 10.6 Å². The maximum absolute atomic E-state index is 12.3. The number of benzene rings is 1. The Morgan fingerprint density at radius 1 is 1.45 bits per heavy atom. The highest BCUT2D eigenvalue weighted by atomic mass is 16.1. The van der Waals surface area contributed by atoms with Crippen molar-refractivity contribution in [3.63, 3.8) is 0 Å². The summed E-state index contributed by atoms with van der Waals surface area (Å²) in [6.45, 7) is 5.00. The van der Waals surface area contributed by atoms with Crippen molar-refractivity contribution in [2.45, 2.75) is 38.8 Å². The van der Waals surface area contributed by atoms with Gasteiger partial charge in [0.25, 0.3) is 0 Å². The summed E-state index contributed by atoms with van der Waals surface area (Å²) in [7, 11) is 0. The van der Waals surface area contributed by atoms with Crippen molar-refractivity contribution in [3.8, 4) is 6.07 Å². The Bertz CT molecular complexity index is 503. The Hall–Kier alpha value is -1.86. The van der Waals surface area contributed by atoms with Crippen molar-refractivity contribution in [3.05, 3.63) is 35.4 Å². The van der Waals surface area contributed by atoms with Gasteiger partial charge >= 0.3 is 0 Å². The maximum atomic E-state index is 12.3. The molecular weight excluding hydrogens is 250 g/mol. The van der Waals surface area contributed by atoms with Gasteiger partial charge in [0.2, 0.25) is 5.91 Å². The Labute approximate surface area is 120 Å². The lowest BCUT2D eigenvalue weighted by Gasteiger charge is -2.28. The van der Waals surface area contributed by atoms with Gasteiger partial charge in [0.05, 0.1) is 17.7 Å². The molecule has 3 atom stereocenters. The number of carbonyl (C=O) groups excluding carboxylic acids is 1. The highest BCUT2D eigenvalue weighted by Gasteiger charge is 2.25. The van der Waals surface area contributed by atoms with Gasteiger partial charge in [0.15, 0.2) is 0 Å². The highest BCUT2D eigenvalue weighted by Crippen LogP contribution is 2.19. The second kappa shape index (κ2) is 6.53. The van der Waals surface area contributed by atoms with Crippen molar-refractivity contribution in [2.75, 3.05) is 6.54 Å². The van der Waals surface area contributed by atoms with Crippen molar-refractivity contribution < 1.29 is 4.79 Å². The molecule has 4 nitrogen and oxygen atoms in total. The molecule has 0 radical (unpaired) electrons. The lowest BCUT2D eigenvalue weighted by Crippen LogP contribution is -2.42. The maximum Gasteiger partial charge on any atom is 0.223 e. The molecule has 4 heteroatoms. The van der Waals surface area contributed by atoms with Gasteiger partial charge in [-0.2, -0.15) is 5.26 Å². The molecule has 1 aromatic rings. The number of rotatable bonds is 3. The monoisotopic (exact) mass is 271 g/mol. The minimum absolute atomic E-state index is 0.0274. The molecule has 0 saturated carbocycles. The minimum Gasteiger partial charge on any atom is -0.349 e. The molecule has 1 amide bonds. The Morgan fingerprint density at radius 3 is 2.75 bits per heavy atom. The van der Waals surface area contributed by atoms with Gasteiger partial charge < -0.3 is 10.6 Å². The fraction of sp³-hybridized carbons (Fsp3) is 0.500. The average Bonchev–Trinajstić information content (AvgIpc) is 2.47. The summed E-state index contributed by atoms with van der Waals surface area (Å²) >= 11 is 0. The second-order valence-corrected chi connectivity index (χ2v) is 5.54. The van der Waals surface area contributed by atoms with Crippen LogP contribution in [0.25, 0.3) is 0 Å². The van der Waals surface area contributed by atoms with E-state index in [0.29, 0.717) is 11.6 Å². The number of nitrogens with one attached hydrogen (secondary N) is 2. The van der Waals surface area contributed by atoms with Crippen LogP contribution in [0.1, 0.15) is 43.9 Å². The smallest absolute Gasteiger partial charge is 0.223 e. The standard InChI is InChI=1S/C16H21N3O/c1-11-9-15(7-8-18-11)16(20)19-12(2)14-5-3-13(10-17)4-6-14/h3-6,11-12,15,18H,7-9H2,1-2H3,(H,19,20). The van der Waals surface area contributed by atoms with Gasteiger partial charge in [-0.05, 0) is 50.9 Å². The fourth-order valence-electron chi connectivity index (χ4n) is 2.63. The quantitative estimate of drug-likeness (QED) is 0.885. The van der Waals surface area contributed by atoms with Gasteiger partial charge in [-0.1, -0.05) is 12.1 Å². The van der Waals surface area contributed by atoms with E-state index in [9.17, 15) is 4.79 Å². The molecule has 2 rings (SSSR count). The number of hydrogen-bond donors (Lipinski definition) is 2. The molecule has 1 fully saturated rings. The predicted octanol–water partition coefficient (Wildman–Crippen LogP) is 2.12. The Kier molecular flexibility index (Phi) is 4.75. The van der Waals surface area contributed by atoms with Crippen LogP contribution < -0.4 is 10.6 Å². The van der Waals surface area contributed by atoms with E-state index in [4.69, 9.17) is 5.26 Å². The molecule has 0 spiro atoms. The lowest BCUT2D eigenvalue weighted by atomic mass is 9.92. The largest absolute Gasteiger partial charge is 0.349 e. The first-order chi connectivity index (χ1) is 9.60. The lowest BCUT2D eigenvalue weighted by molar-refractivity contribution is -0.126. The average molecular weight is 271 g/mol. The zero-order chi connectivity index (χ0) is 14.5. The molecule has 1 aliphatic heterocycles. The van der Waals surface area contributed by atoms with E-state index in [2.05, 4.69) is 23.6 Å². The molecule has 106 valence electrons. The first-order valence-corrected chi connectivity index (χ1v) is 7.14. The van der Waals surface area contributed by atoms with E-state index >= 15 is 0 Å². The van der Waals surface area contributed by atoms with E-state index in [1.807, 2.05) is 19.1 Å². The van der Waals surface area contributed by atoms with Crippen LogP contribution in [0.5, 0.6) is 0 Å². The van der Waals surface area contributed by atoms with Crippen LogP contribution in [-0.2, 0) is 4.79 Å². The van der Waals surface area contributed by atoms with E-state index in [1.165, 1.54) is 0 Å². The zero-order valence-corrected chi connectivity index (χ0v) is 12.0. The minimum atomic E-state index is -0.0274. The molecule has 3 unspecified atom stereocenters. The molecule has 2 N–H and O–H groups in total. The summed E-state index contributed by atoms with van der Waals surface area (Å²) in [5, 5.41) is 15.2.